The molecule has 3 rings (SSSR count). The predicted molar refractivity (Wildman–Crippen MR) is 99.0 cm³/mol. The molecular weight excluding hydrogens is 389 g/mol. The first kappa shape index (κ1) is 20.7. The third-order valence-corrected chi connectivity index (χ3v) is 4.43. The van der Waals surface area contributed by atoms with E-state index in [2.05, 4.69) is 35.3 Å². The van der Waals surface area contributed by atoms with Gasteiger partial charge in [-0.3, -0.25) is 4.79 Å². The Kier molecular flexibility index (Phi) is 6.14. The van der Waals surface area contributed by atoms with Crippen molar-refractivity contribution < 1.29 is 22.7 Å². The van der Waals surface area contributed by atoms with Crippen molar-refractivity contribution in [2.24, 2.45) is 5.92 Å². The van der Waals surface area contributed by atoms with Crippen molar-refractivity contribution in [3.05, 3.63) is 23.9 Å². The van der Waals surface area contributed by atoms with E-state index >= 15 is 0 Å². The smallest absolute Gasteiger partial charge is 0.433 e. The fourth-order valence-electron chi connectivity index (χ4n) is 2.65. The summed E-state index contributed by atoms with van der Waals surface area (Å²) in [5.41, 5.74) is -1.06. The van der Waals surface area contributed by atoms with Gasteiger partial charge in [-0.15, -0.1) is 0 Å². The molecule has 1 saturated carbocycles. The average Bonchev–Trinajstić information content (AvgIpc) is 3.52. The molecule has 1 aliphatic carbocycles. The average molecular weight is 410 g/mol. The Labute approximate surface area is 165 Å². The first-order chi connectivity index (χ1) is 13.8. The van der Waals surface area contributed by atoms with Gasteiger partial charge < -0.3 is 15.4 Å². The lowest BCUT2D eigenvalue weighted by Gasteiger charge is -2.15. The van der Waals surface area contributed by atoms with Gasteiger partial charge in [0.25, 0.3) is 0 Å². The normalized spacial score (nSPS) is 14.9. The highest BCUT2D eigenvalue weighted by Crippen LogP contribution is 2.34. The van der Waals surface area contributed by atoms with Crippen molar-refractivity contribution in [1.29, 1.82) is 0 Å². The molecule has 0 radical (unpaired) electrons. The number of anilines is 2. The minimum atomic E-state index is -4.58. The molecule has 2 aromatic rings. The van der Waals surface area contributed by atoms with Crippen LogP contribution < -0.4 is 10.6 Å². The number of hydrogen-bond acceptors (Lipinski definition) is 8. The van der Waals surface area contributed by atoms with E-state index in [1.54, 1.807) is 0 Å². The Hall–Kier alpha value is -2.98. The Morgan fingerprint density at radius 3 is 2.59 bits per heavy atom. The number of rotatable bonds is 8. The van der Waals surface area contributed by atoms with E-state index in [0.717, 1.165) is 18.9 Å². The summed E-state index contributed by atoms with van der Waals surface area (Å²) < 4.78 is 43.6. The van der Waals surface area contributed by atoms with E-state index in [0.29, 0.717) is 5.92 Å². The quantitative estimate of drug-likeness (QED) is 0.640. The molecule has 156 valence electrons. The second-order valence-electron chi connectivity index (χ2n) is 6.74. The molecule has 0 bridgehead atoms. The summed E-state index contributed by atoms with van der Waals surface area (Å²) in [7, 11) is 1.28. The summed E-state index contributed by atoms with van der Waals surface area (Å²) in [6.45, 7) is 2.19. The van der Waals surface area contributed by atoms with Gasteiger partial charge in [-0.25, -0.2) is 4.98 Å². The van der Waals surface area contributed by atoms with Crippen LogP contribution >= 0.6 is 0 Å². The molecule has 29 heavy (non-hydrogen) atoms. The molecule has 2 aromatic heterocycles. The molecule has 0 aromatic carbocycles. The van der Waals surface area contributed by atoms with Crippen LogP contribution in [0.5, 0.6) is 0 Å². The van der Waals surface area contributed by atoms with Gasteiger partial charge in [0.1, 0.15) is 11.4 Å². The Morgan fingerprint density at radius 2 is 1.93 bits per heavy atom. The van der Waals surface area contributed by atoms with E-state index in [4.69, 9.17) is 0 Å². The summed E-state index contributed by atoms with van der Waals surface area (Å²) in [5.74, 6) is 0.458. The van der Waals surface area contributed by atoms with Crippen molar-refractivity contribution >= 4 is 17.9 Å². The molecule has 2 heterocycles. The summed E-state index contributed by atoms with van der Waals surface area (Å²) in [6, 6.07) is 3.65. The minimum Gasteiger partial charge on any atom is -0.469 e. The zero-order valence-electron chi connectivity index (χ0n) is 16.0. The third-order valence-electron chi connectivity index (χ3n) is 4.43. The number of nitrogens with zero attached hydrogens (tertiary/aromatic N) is 4. The topological polar surface area (TPSA) is 102 Å². The Morgan fingerprint density at radius 1 is 1.21 bits per heavy atom. The Balaban J connectivity index is 1.88. The van der Waals surface area contributed by atoms with Crippen molar-refractivity contribution in [3.63, 3.8) is 0 Å². The van der Waals surface area contributed by atoms with Crippen LogP contribution in [0, 0.1) is 5.92 Å². The van der Waals surface area contributed by atoms with Gasteiger partial charge in [0.15, 0.2) is 5.82 Å². The molecule has 0 amide bonds. The van der Waals surface area contributed by atoms with Crippen LogP contribution in [0.15, 0.2) is 18.2 Å². The summed E-state index contributed by atoms with van der Waals surface area (Å²) in [5, 5.41) is 6.04. The van der Waals surface area contributed by atoms with Crippen LogP contribution in [0.25, 0.3) is 11.5 Å². The molecule has 0 aliphatic heterocycles. The second-order valence-corrected chi connectivity index (χ2v) is 6.74. The van der Waals surface area contributed by atoms with Crippen LogP contribution in [0.1, 0.15) is 31.9 Å². The highest BCUT2D eigenvalue weighted by Gasteiger charge is 2.33. The van der Waals surface area contributed by atoms with E-state index in [1.165, 1.54) is 19.2 Å². The number of carbonyl (C=O) groups is 1. The highest BCUT2D eigenvalue weighted by atomic mass is 19.4. The number of ether oxygens (including phenoxy) is 1. The van der Waals surface area contributed by atoms with Gasteiger partial charge in [0, 0.05) is 12.6 Å². The first-order valence-electron chi connectivity index (χ1n) is 9.14. The molecular formula is C18H21F3N6O2. The maximum Gasteiger partial charge on any atom is 0.433 e. The van der Waals surface area contributed by atoms with Crippen LogP contribution in [0.3, 0.4) is 0 Å². The maximum atomic E-state index is 13.0. The number of hydrogen-bond donors (Lipinski definition) is 2. The molecule has 1 fully saturated rings. The van der Waals surface area contributed by atoms with Crippen LogP contribution in [-0.2, 0) is 15.7 Å². The number of carbonyl (C=O) groups excluding carboxylic acids is 1. The summed E-state index contributed by atoms with van der Waals surface area (Å²) in [4.78, 5) is 27.6. The molecule has 1 aliphatic rings. The monoisotopic (exact) mass is 410 g/mol. The largest absolute Gasteiger partial charge is 0.469 e. The fraction of sp³-hybridized carbons (Fsp3) is 0.500. The lowest BCUT2D eigenvalue weighted by molar-refractivity contribution is -0.141. The number of aromatic nitrogens is 4. The first-order valence-corrected chi connectivity index (χ1v) is 9.14. The number of pyridine rings is 1. The second kappa shape index (κ2) is 8.58. The highest BCUT2D eigenvalue weighted by molar-refractivity contribution is 5.69. The van der Waals surface area contributed by atoms with E-state index < -0.39 is 17.8 Å². The zero-order chi connectivity index (χ0) is 21.0. The van der Waals surface area contributed by atoms with Gasteiger partial charge in [-0.05, 0) is 37.8 Å². The molecule has 11 heteroatoms. The van der Waals surface area contributed by atoms with Gasteiger partial charge in [-0.1, -0.05) is 6.07 Å². The van der Waals surface area contributed by atoms with Gasteiger partial charge in [0.05, 0.1) is 13.5 Å². The number of esters is 1. The van der Waals surface area contributed by atoms with Gasteiger partial charge in [-0.2, -0.15) is 28.1 Å². The predicted octanol–water partition coefficient (Wildman–Crippen LogP) is 3.14. The fourth-order valence-corrected chi connectivity index (χ4v) is 2.65. The SMILES string of the molecule is COC(=O)CCNc1nc(N[C@H](C)C2CC2)nc(-c2cccc(C(F)(F)F)n2)n1. The molecule has 0 spiro atoms. The molecule has 2 N–H and O–H groups in total. The van der Waals surface area contributed by atoms with Crippen molar-refractivity contribution in [2.45, 2.75) is 38.4 Å². The van der Waals surface area contributed by atoms with Gasteiger partial charge >= 0.3 is 12.1 Å². The van der Waals surface area contributed by atoms with E-state index in [-0.39, 0.29) is 42.4 Å². The van der Waals surface area contributed by atoms with Crippen molar-refractivity contribution in [3.8, 4) is 11.5 Å². The standard InChI is InChI=1S/C18H21F3N6O2/c1-10(11-6-7-11)23-17-26-15(12-4-3-5-13(24-12)18(19,20)21)25-16(27-17)22-9-8-14(28)29-2/h3-5,10-11H,6-9H2,1-2H3,(H2,22,23,25,26,27)/t10-/m1/s1. The van der Waals surface area contributed by atoms with E-state index in [9.17, 15) is 18.0 Å². The maximum absolute atomic E-state index is 13.0. The zero-order valence-corrected chi connectivity index (χ0v) is 16.0. The minimum absolute atomic E-state index is 0.00263. The molecule has 8 nitrogen and oxygen atoms in total. The number of alkyl halides is 3. The molecule has 0 saturated heterocycles. The van der Waals surface area contributed by atoms with Gasteiger partial charge in [0.2, 0.25) is 11.9 Å². The van der Waals surface area contributed by atoms with E-state index in [1.807, 2.05) is 6.92 Å². The van der Waals surface area contributed by atoms with Crippen molar-refractivity contribution in [2.75, 3.05) is 24.3 Å². The summed E-state index contributed by atoms with van der Waals surface area (Å²) in [6.07, 6.45) is -2.29. The van der Waals surface area contributed by atoms with Crippen LogP contribution in [-0.4, -0.2) is 45.6 Å². The lowest BCUT2D eigenvalue weighted by atomic mass is 10.2. The van der Waals surface area contributed by atoms with Crippen LogP contribution in [0.4, 0.5) is 25.1 Å². The third kappa shape index (κ3) is 5.75. The summed E-state index contributed by atoms with van der Waals surface area (Å²) >= 11 is 0. The van der Waals surface area contributed by atoms with Crippen molar-refractivity contribution in [1.82, 2.24) is 19.9 Å². The van der Waals surface area contributed by atoms with Crippen LogP contribution in [0.2, 0.25) is 0 Å². The number of halogens is 3. The molecule has 1 atom stereocenters. The lowest BCUT2D eigenvalue weighted by Crippen LogP contribution is -2.21. The number of nitrogens with one attached hydrogen (secondary N) is 2. The Bertz CT molecular complexity index is 873. The number of methoxy groups -OCH3 is 1. The molecule has 0 unspecified atom stereocenters.